The first-order valence-corrected chi connectivity index (χ1v) is 6.85. The molecule has 1 aromatic carbocycles. The van der Waals surface area contributed by atoms with Gasteiger partial charge in [-0.15, -0.1) is 11.3 Å². The molecule has 2 aromatic rings. The van der Waals surface area contributed by atoms with Crippen molar-refractivity contribution in [2.75, 3.05) is 11.1 Å². The molecule has 1 atom stereocenters. The molecule has 1 unspecified atom stereocenters. The normalized spacial score (nSPS) is 12.4. The van der Waals surface area contributed by atoms with E-state index in [0.29, 0.717) is 11.3 Å². The first-order chi connectivity index (χ1) is 8.61. The molecule has 0 amide bonds. The highest BCUT2D eigenvalue weighted by Gasteiger charge is 2.12. The predicted octanol–water partition coefficient (Wildman–Crippen LogP) is 4.34. The molecule has 0 bridgehead atoms. The molecular formula is C14H17FN2S. The molecule has 4 heteroatoms. The standard InChI is InChI=1S/C14H17FN2S/c1-3-12(14-5-4-6-18-14)17-13-7-9(2)10(15)8-11(13)16/h4-8,12,17H,3,16H2,1-2H3. The summed E-state index contributed by atoms with van der Waals surface area (Å²) >= 11 is 1.71. The maximum Gasteiger partial charge on any atom is 0.128 e. The average Bonchev–Trinajstić information content (AvgIpc) is 2.85. The third-order valence-electron chi connectivity index (χ3n) is 2.96. The lowest BCUT2D eigenvalue weighted by molar-refractivity contribution is 0.619. The van der Waals surface area contributed by atoms with Gasteiger partial charge in [0, 0.05) is 4.88 Å². The third kappa shape index (κ3) is 2.64. The Morgan fingerprint density at radius 3 is 2.83 bits per heavy atom. The molecule has 1 heterocycles. The van der Waals surface area contributed by atoms with Gasteiger partial charge in [0.2, 0.25) is 0 Å². The lowest BCUT2D eigenvalue weighted by Gasteiger charge is -2.19. The number of nitrogens with two attached hydrogens (primary N) is 1. The quantitative estimate of drug-likeness (QED) is 0.806. The molecule has 96 valence electrons. The van der Waals surface area contributed by atoms with Gasteiger partial charge in [0.15, 0.2) is 0 Å². The largest absolute Gasteiger partial charge is 0.397 e. The van der Waals surface area contributed by atoms with E-state index in [1.54, 1.807) is 24.3 Å². The van der Waals surface area contributed by atoms with Crippen LogP contribution in [0.25, 0.3) is 0 Å². The van der Waals surface area contributed by atoms with Crippen molar-refractivity contribution >= 4 is 22.7 Å². The fraction of sp³-hybridized carbons (Fsp3) is 0.286. The third-order valence-corrected chi connectivity index (χ3v) is 3.94. The Hall–Kier alpha value is -1.55. The Kier molecular flexibility index (Phi) is 3.87. The van der Waals surface area contributed by atoms with Gasteiger partial charge in [-0.05, 0) is 42.5 Å². The van der Waals surface area contributed by atoms with Crippen molar-refractivity contribution < 1.29 is 4.39 Å². The molecule has 0 radical (unpaired) electrons. The molecule has 3 N–H and O–H groups in total. The van der Waals surface area contributed by atoms with E-state index < -0.39 is 0 Å². The van der Waals surface area contributed by atoms with Crippen LogP contribution in [0.4, 0.5) is 15.8 Å². The van der Waals surface area contributed by atoms with E-state index in [4.69, 9.17) is 5.73 Å². The molecule has 0 aliphatic carbocycles. The van der Waals surface area contributed by atoms with E-state index >= 15 is 0 Å². The predicted molar refractivity (Wildman–Crippen MR) is 76.5 cm³/mol. The van der Waals surface area contributed by atoms with E-state index in [-0.39, 0.29) is 11.9 Å². The van der Waals surface area contributed by atoms with E-state index in [1.807, 2.05) is 6.07 Å². The van der Waals surface area contributed by atoms with Crippen LogP contribution >= 0.6 is 11.3 Å². The van der Waals surface area contributed by atoms with E-state index in [9.17, 15) is 4.39 Å². The van der Waals surface area contributed by atoms with Crippen LogP contribution in [0, 0.1) is 12.7 Å². The van der Waals surface area contributed by atoms with Crippen LogP contribution in [0.3, 0.4) is 0 Å². The van der Waals surface area contributed by atoms with Gasteiger partial charge in [-0.3, -0.25) is 0 Å². The summed E-state index contributed by atoms with van der Waals surface area (Å²) in [4.78, 5) is 1.26. The zero-order chi connectivity index (χ0) is 13.1. The van der Waals surface area contributed by atoms with Crippen LogP contribution in [0.5, 0.6) is 0 Å². The molecule has 2 nitrogen and oxygen atoms in total. The Morgan fingerprint density at radius 1 is 1.44 bits per heavy atom. The number of benzene rings is 1. The summed E-state index contributed by atoms with van der Waals surface area (Å²) in [7, 11) is 0. The first kappa shape index (κ1) is 12.9. The van der Waals surface area contributed by atoms with Gasteiger partial charge in [0.25, 0.3) is 0 Å². The summed E-state index contributed by atoms with van der Waals surface area (Å²) in [5.74, 6) is -0.262. The minimum absolute atomic E-state index is 0.220. The lowest BCUT2D eigenvalue weighted by Crippen LogP contribution is -2.10. The fourth-order valence-electron chi connectivity index (χ4n) is 1.87. The van der Waals surface area contributed by atoms with Gasteiger partial charge < -0.3 is 11.1 Å². The zero-order valence-corrected chi connectivity index (χ0v) is 11.4. The molecule has 0 aliphatic heterocycles. The smallest absolute Gasteiger partial charge is 0.128 e. The molecule has 2 rings (SSSR count). The van der Waals surface area contributed by atoms with Crippen LogP contribution in [-0.2, 0) is 0 Å². The van der Waals surface area contributed by atoms with Crippen molar-refractivity contribution in [3.8, 4) is 0 Å². The van der Waals surface area contributed by atoms with Gasteiger partial charge in [0.05, 0.1) is 17.4 Å². The highest BCUT2D eigenvalue weighted by molar-refractivity contribution is 7.10. The van der Waals surface area contributed by atoms with Crippen LogP contribution in [-0.4, -0.2) is 0 Å². The number of anilines is 2. The Morgan fingerprint density at radius 2 is 2.22 bits per heavy atom. The average molecular weight is 264 g/mol. The SMILES string of the molecule is CCC(Nc1cc(C)c(F)cc1N)c1cccs1. The van der Waals surface area contributed by atoms with Crippen molar-refractivity contribution in [1.29, 1.82) is 0 Å². The van der Waals surface area contributed by atoms with Gasteiger partial charge in [-0.1, -0.05) is 13.0 Å². The fourth-order valence-corrected chi connectivity index (χ4v) is 2.73. The van der Waals surface area contributed by atoms with Crippen molar-refractivity contribution in [1.82, 2.24) is 0 Å². The molecule has 18 heavy (non-hydrogen) atoms. The monoisotopic (exact) mass is 264 g/mol. The van der Waals surface area contributed by atoms with Crippen molar-refractivity contribution in [3.63, 3.8) is 0 Å². The molecular weight excluding hydrogens is 247 g/mol. The Labute approximate surface area is 111 Å². The number of nitrogens with one attached hydrogen (secondary N) is 1. The number of hydrogen-bond donors (Lipinski definition) is 2. The maximum atomic E-state index is 13.3. The topological polar surface area (TPSA) is 38.0 Å². The van der Waals surface area contributed by atoms with Crippen molar-refractivity contribution in [2.24, 2.45) is 0 Å². The summed E-state index contributed by atoms with van der Waals surface area (Å²) in [5, 5.41) is 5.44. The number of hydrogen-bond acceptors (Lipinski definition) is 3. The number of rotatable bonds is 4. The highest BCUT2D eigenvalue weighted by atomic mass is 32.1. The first-order valence-electron chi connectivity index (χ1n) is 5.97. The second-order valence-electron chi connectivity index (χ2n) is 4.31. The molecule has 0 fully saturated rings. The number of thiophene rings is 1. The molecule has 1 aromatic heterocycles. The zero-order valence-electron chi connectivity index (χ0n) is 10.5. The number of aryl methyl sites for hydroxylation is 1. The van der Waals surface area contributed by atoms with Gasteiger partial charge in [-0.25, -0.2) is 4.39 Å². The van der Waals surface area contributed by atoms with Crippen LogP contribution in [0.2, 0.25) is 0 Å². The van der Waals surface area contributed by atoms with E-state index in [2.05, 4.69) is 23.7 Å². The second kappa shape index (κ2) is 5.40. The van der Waals surface area contributed by atoms with Crippen molar-refractivity contribution in [3.05, 3.63) is 45.9 Å². The molecule has 0 saturated carbocycles. The molecule has 0 spiro atoms. The summed E-state index contributed by atoms with van der Waals surface area (Å²) in [6.07, 6.45) is 0.955. The number of nitrogen functional groups attached to an aromatic ring is 1. The van der Waals surface area contributed by atoms with Gasteiger partial charge in [-0.2, -0.15) is 0 Å². The lowest BCUT2D eigenvalue weighted by atomic mass is 10.1. The van der Waals surface area contributed by atoms with Crippen LogP contribution in [0.1, 0.15) is 29.8 Å². The number of halogens is 1. The Bertz CT molecular complexity index is 523. The summed E-state index contributed by atoms with van der Waals surface area (Å²) in [6, 6.07) is 7.49. The second-order valence-corrected chi connectivity index (χ2v) is 5.29. The maximum absolute atomic E-state index is 13.3. The van der Waals surface area contributed by atoms with Crippen molar-refractivity contribution in [2.45, 2.75) is 26.3 Å². The van der Waals surface area contributed by atoms with E-state index in [1.165, 1.54) is 10.9 Å². The van der Waals surface area contributed by atoms with E-state index in [0.717, 1.165) is 12.1 Å². The molecule has 0 aliphatic rings. The summed E-state index contributed by atoms with van der Waals surface area (Å²) in [6.45, 7) is 3.86. The summed E-state index contributed by atoms with van der Waals surface area (Å²) in [5.41, 5.74) is 7.70. The van der Waals surface area contributed by atoms with Crippen LogP contribution < -0.4 is 11.1 Å². The minimum atomic E-state index is -0.262. The summed E-state index contributed by atoms with van der Waals surface area (Å²) < 4.78 is 13.3. The Balaban J connectivity index is 2.25. The minimum Gasteiger partial charge on any atom is -0.397 e. The van der Waals surface area contributed by atoms with Gasteiger partial charge in [0.1, 0.15) is 5.82 Å². The van der Waals surface area contributed by atoms with Gasteiger partial charge >= 0.3 is 0 Å². The highest BCUT2D eigenvalue weighted by Crippen LogP contribution is 2.30. The van der Waals surface area contributed by atoms with Crippen LogP contribution in [0.15, 0.2) is 29.6 Å². The molecule has 0 saturated heterocycles.